The van der Waals surface area contributed by atoms with Crippen molar-refractivity contribution in [2.75, 3.05) is 5.32 Å². The van der Waals surface area contributed by atoms with Crippen molar-refractivity contribution in [3.8, 4) is 0 Å². The van der Waals surface area contributed by atoms with Crippen molar-refractivity contribution in [2.45, 2.75) is 26.8 Å². The topological polar surface area (TPSA) is 12.0 Å². The van der Waals surface area contributed by atoms with Gasteiger partial charge in [0.1, 0.15) is 5.82 Å². The zero-order chi connectivity index (χ0) is 13.1. The number of rotatable bonds is 4. The second kappa shape index (κ2) is 5.53. The van der Waals surface area contributed by atoms with Crippen LogP contribution in [-0.2, 0) is 0 Å². The zero-order valence-electron chi connectivity index (χ0n) is 10.9. The van der Waals surface area contributed by atoms with Gasteiger partial charge in [0.15, 0.2) is 0 Å². The maximum absolute atomic E-state index is 13.5. The van der Waals surface area contributed by atoms with Crippen LogP contribution in [0.1, 0.15) is 30.3 Å². The molecular formula is C15H18FNS. The molecule has 0 aliphatic carbocycles. The van der Waals surface area contributed by atoms with E-state index >= 15 is 0 Å². The van der Waals surface area contributed by atoms with Crippen molar-refractivity contribution in [3.05, 3.63) is 52.0 Å². The monoisotopic (exact) mass is 263 g/mol. The van der Waals surface area contributed by atoms with Crippen LogP contribution >= 0.6 is 11.3 Å². The first-order valence-electron chi connectivity index (χ1n) is 6.14. The minimum absolute atomic E-state index is 0.159. The fourth-order valence-electron chi connectivity index (χ4n) is 1.90. The molecule has 0 radical (unpaired) electrons. The molecule has 0 bridgehead atoms. The molecular weight excluding hydrogens is 245 g/mol. The molecule has 1 aromatic heterocycles. The van der Waals surface area contributed by atoms with Crippen LogP contribution in [0, 0.1) is 18.7 Å². The van der Waals surface area contributed by atoms with E-state index in [9.17, 15) is 4.39 Å². The first-order valence-corrected chi connectivity index (χ1v) is 7.02. The van der Waals surface area contributed by atoms with Crippen LogP contribution in [0.5, 0.6) is 0 Å². The van der Waals surface area contributed by atoms with Crippen LogP contribution in [-0.4, -0.2) is 0 Å². The van der Waals surface area contributed by atoms with Gasteiger partial charge in [-0.05, 0) is 42.0 Å². The zero-order valence-corrected chi connectivity index (χ0v) is 11.7. The Morgan fingerprint density at radius 3 is 2.56 bits per heavy atom. The summed E-state index contributed by atoms with van der Waals surface area (Å²) in [5.74, 6) is 0.293. The quantitative estimate of drug-likeness (QED) is 0.818. The lowest BCUT2D eigenvalue weighted by Crippen LogP contribution is -2.15. The molecule has 18 heavy (non-hydrogen) atoms. The SMILES string of the molecule is Cc1ccc(NC(c2cccs2)C(C)C)cc1F. The molecule has 2 rings (SSSR count). The highest BCUT2D eigenvalue weighted by Crippen LogP contribution is 2.30. The highest BCUT2D eigenvalue weighted by Gasteiger charge is 2.16. The van der Waals surface area contributed by atoms with Crippen molar-refractivity contribution in [2.24, 2.45) is 5.92 Å². The van der Waals surface area contributed by atoms with E-state index in [0.717, 1.165) is 5.69 Å². The molecule has 1 unspecified atom stereocenters. The summed E-state index contributed by atoms with van der Waals surface area (Å²) in [4.78, 5) is 1.28. The van der Waals surface area contributed by atoms with E-state index in [2.05, 4.69) is 30.6 Å². The van der Waals surface area contributed by atoms with Crippen molar-refractivity contribution in [1.29, 1.82) is 0 Å². The van der Waals surface area contributed by atoms with Gasteiger partial charge in [-0.1, -0.05) is 26.0 Å². The highest BCUT2D eigenvalue weighted by atomic mass is 32.1. The number of thiophene rings is 1. The minimum atomic E-state index is -0.159. The van der Waals surface area contributed by atoms with E-state index in [1.165, 1.54) is 4.88 Å². The van der Waals surface area contributed by atoms with Crippen molar-refractivity contribution < 1.29 is 4.39 Å². The first-order chi connectivity index (χ1) is 8.58. The molecule has 0 aliphatic rings. The molecule has 0 saturated heterocycles. The number of aryl methyl sites for hydroxylation is 1. The van der Waals surface area contributed by atoms with Crippen molar-refractivity contribution >= 4 is 17.0 Å². The second-order valence-electron chi connectivity index (χ2n) is 4.85. The van der Waals surface area contributed by atoms with E-state index in [1.54, 1.807) is 24.3 Å². The predicted molar refractivity (Wildman–Crippen MR) is 76.7 cm³/mol. The average Bonchev–Trinajstić information content (AvgIpc) is 2.83. The number of halogens is 1. The summed E-state index contributed by atoms with van der Waals surface area (Å²) in [6, 6.07) is 9.70. The summed E-state index contributed by atoms with van der Waals surface area (Å²) in [5, 5.41) is 5.49. The lowest BCUT2D eigenvalue weighted by atomic mass is 10.0. The molecule has 1 N–H and O–H groups in total. The summed E-state index contributed by atoms with van der Waals surface area (Å²) < 4.78 is 13.5. The lowest BCUT2D eigenvalue weighted by Gasteiger charge is -2.22. The van der Waals surface area contributed by atoms with Gasteiger partial charge in [-0.15, -0.1) is 11.3 Å². The molecule has 1 atom stereocenters. The third-order valence-electron chi connectivity index (χ3n) is 3.01. The predicted octanol–water partition coefficient (Wildman–Crippen LogP) is 5.00. The largest absolute Gasteiger partial charge is 0.377 e. The summed E-state index contributed by atoms with van der Waals surface area (Å²) >= 11 is 1.73. The summed E-state index contributed by atoms with van der Waals surface area (Å²) in [6.45, 7) is 6.11. The molecule has 96 valence electrons. The van der Waals surface area contributed by atoms with Gasteiger partial charge in [-0.3, -0.25) is 0 Å². The first kappa shape index (κ1) is 13.1. The molecule has 1 aromatic carbocycles. The molecule has 1 heterocycles. The Morgan fingerprint density at radius 1 is 1.22 bits per heavy atom. The van der Waals surface area contributed by atoms with E-state index < -0.39 is 0 Å². The van der Waals surface area contributed by atoms with Gasteiger partial charge in [0.2, 0.25) is 0 Å². The van der Waals surface area contributed by atoms with Crippen LogP contribution in [0.15, 0.2) is 35.7 Å². The van der Waals surface area contributed by atoms with Gasteiger partial charge in [-0.2, -0.15) is 0 Å². The minimum Gasteiger partial charge on any atom is -0.377 e. The fraction of sp³-hybridized carbons (Fsp3) is 0.333. The van der Waals surface area contributed by atoms with Gasteiger partial charge in [0.25, 0.3) is 0 Å². The maximum atomic E-state index is 13.5. The molecule has 3 heteroatoms. The number of hydrogen-bond acceptors (Lipinski definition) is 2. The summed E-state index contributed by atoms with van der Waals surface area (Å²) in [6.07, 6.45) is 0. The number of anilines is 1. The average molecular weight is 263 g/mol. The number of nitrogens with one attached hydrogen (secondary N) is 1. The lowest BCUT2D eigenvalue weighted by molar-refractivity contribution is 0.552. The Morgan fingerprint density at radius 2 is 2.00 bits per heavy atom. The van der Waals surface area contributed by atoms with Gasteiger partial charge in [-0.25, -0.2) is 4.39 Å². The molecule has 2 aromatic rings. The molecule has 0 aliphatic heterocycles. The molecule has 0 fully saturated rings. The molecule has 1 nitrogen and oxygen atoms in total. The highest BCUT2D eigenvalue weighted by molar-refractivity contribution is 7.10. The molecule has 0 spiro atoms. The Balaban J connectivity index is 2.21. The van der Waals surface area contributed by atoms with Gasteiger partial charge < -0.3 is 5.32 Å². The normalized spacial score (nSPS) is 12.7. The number of hydrogen-bond donors (Lipinski definition) is 1. The maximum Gasteiger partial charge on any atom is 0.128 e. The standard InChI is InChI=1S/C15H18FNS/c1-10(2)15(14-5-4-8-18-14)17-12-7-6-11(3)13(16)9-12/h4-10,15,17H,1-3H3. The third-order valence-corrected chi connectivity index (χ3v) is 3.97. The summed E-state index contributed by atoms with van der Waals surface area (Å²) in [5.41, 5.74) is 1.52. The van der Waals surface area contributed by atoms with Gasteiger partial charge in [0, 0.05) is 10.6 Å². The Labute approximate surface area is 112 Å². The molecule has 0 amide bonds. The van der Waals surface area contributed by atoms with Crippen molar-refractivity contribution in [1.82, 2.24) is 0 Å². The van der Waals surface area contributed by atoms with E-state index in [4.69, 9.17) is 0 Å². The van der Waals surface area contributed by atoms with E-state index in [1.807, 2.05) is 18.2 Å². The fourth-order valence-corrected chi connectivity index (χ4v) is 2.85. The van der Waals surface area contributed by atoms with Crippen LogP contribution in [0.3, 0.4) is 0 Å². The van der Waals surface area contributed by atoms with Crippen LogP contribution in [0.2, 0.25) is 0 Å². The Hall–Kier alpha value is -1.35. The number of benzene rings is 1. The van der Waals surface area contributed by atoms with Crippen molar-refractivity contribution in [3.63, 3.8) is 0 Å². The van der Waals surface area contributed by atoms with Crippen LogP contribution in [0.4, 0.5) is 10.1 Å². The Bertz CT molecular complexity index is 505. The van der Waals surface area contributed by atoms with Gasteiger partial charge in [0.05, 0.1) is 6.04 Å². The summed E-state index contributed by atoms with van der Waals surface area (Å²) in [7, 11) is 0. The Kier molecular flexibility index (Phi) is 4.02. The second-order valence-corrected chi connectivity index (χ2v) is 5.82. The van der Waals surface area contributed by atoms with Crippen LogP contribution < -0.4 is 5.32 Å². The van der Waals surface area contributed by atoms with Gasteiger partial charge >= 0.3 is 0 Å². The smallest absolute Gasteiger partial charge is 0.128 e. The third kappa shape index (κ3) is 2.91. The van der Waals surface area contributed by atoms with E-state index in [-0.39, 0.29) is 11.9 Å². The molecule has 0 saturated carbocycles. The van der Waals surface area contributed by atoms with Crippen LogP contribution in [0.25, 0.3) is 0 Å². The van der Waals surface area contributed by atoms with E-state index in [0.29, 0.717) is 11.5 Å².